The van der Waals surface area contributed by atoms with Gasteiger partial charge in [0.2, 0.25) is 10.0 Å². The average molecular weight is 491 g/mol. The number of ether oxygens (including phenoxy) is 1. The Morgan fingerprint density at radius 1 is 1.15 bits per heavy atom. The lowest BCUT2D eigenvalue weighted by molar-refractivity contribution is -0.123. The number of hydrogen-bond acceptors (Lipinski definition) is 8. The number of nitrogens with one attached hydrogen (secondary N) is 1. The summed E-state index contributed by atoms with van der Waals surface area (Å²) in [4.78, 5) is 30.7. The van der Waals surface area contributed by atoms with Gasteiger partial charge in [-0.05, 0) is 57.0 Å². The molecule has 33 heavy (non-hydrogen) atoms. The molecular formula is C22H26N4O5S2. The highest BCUT2D eigenvalue weighted by molar-refractivity contribution is 7.89. The summed E-state index contributed by atoms with van der Waals surface area (Å²) in [5, 5.41) is 3.34. The van der Waals surface area contributed by atoms with Crippen LogP contribution in [0.5, 0.6) is 0 Å². The van der Waals surface area contributed by atoms with Crippen LogP contribution in [0.2, 0.25) is 0 Å². The zero-order chi connectivity index (χ0) is 24.7. The maximum Gasteiger partial charge on any atom is 0.351 e. The van der Waals surface area contributed by atoms with Gasteiger partial charge in [-0.1, -0.05) is 6.07 Å². The van der Waals surface area contributed by atoms with E-state index in [0.717, 1.165) is 26.9 Å². The van der Waals surface area contributed by atoms with Gasteiger partial charge < -0.3 is 15.8 Å². The fourth-order valence-corrected chi connectivity index (χ4v) is 5.26. The van der Waals surface area contributed by atoms with Crippen molar-refractivity contribution in [1.29, 1.82) is 0 Å². The molecule has 1 amide bonds. The molecular weight excluding hydrogens is 464 g/mol. The molecule has 0 aliphatic rings. The van der Waals surface area contributed by atoms with Crippen LogP contribution in [0.15, 0.2) is 29.2 Å². The normalized spacial score (nSPS) is 12.7. The Hall–Kier alpha value is -3.02. The molecule has 0 radical (unpaired) electrons. The number of fused-ring (bicyclic) bond motifs is 1. The third kappa shape index (κ3) is 4.85. The summed E-state index contributed by atoms with van der Waals surface area (Å²) in [6.45, 7) is 6.90. The lowest BCUT2D eigenvalue weighted by atomic mass is 10.1. The minimum absolute atomic E-state index is 0.0364. The molecule has 2 aromatic heterocycles. The van der Waals surface area contributed by atoms with Crippen LogP contribution in [0.25, 0.3) is 10.2 Å². The zero-order valence-corrected chi connectivity index (χ0v) is 20.8. The van der Waals surface area contributed by atoms with E-state index in [1.807, 2.05) is 19.9 Å². The van der Waals surface area contributed by atoms with E-state index in [4.69, 9.17) is 10.5 Å². The molecule has 0 fully saturated rings. The molecule has 0 bridgehead atoms. The first kappa shape index (κ1) is 24.6. The Labute approximate surface area is 196 Å². The van der Waals surface area contributed by atoms with Crippen molar-refractivity contribution in [2.45, 2.75) is 38.7 Å². The maximum atomic E-state index is 12.7. The van der Waals surface area contributed by atoms with Crippen LogP contribution in [0.3, 0.4) is 0 Å². The Balaban J connectivity index is 1.79. The standard InChI is InChI=1S/C22H26N4O5S2/c1-11-7-8-15(33(29,30)26(5)6)10-16(11)25-20(27)14(4)31-22(28)19-18(23)17-12(2)9-13(3)24-21(17)32-19/h7-10,14H,23H2,1-6H3,(H,25,27). The molecule has 1 atom stereocenters. The second kappa shape index (κ2) is 9.08. The molecule has 2 heterocycles. The van der Waals surface area contributed by atoms with E-state index in [-0.39, 0.29) is 15.5 Å². The van der Waals surface area contributed by atoms with Crippen LogP contribution < -0.4 is 11.1 Å². The topological polar surface area (TPSA) is 132 Å². The molecule has 0 aliphatic heterocycles. The summed E-state index contributed by atoms with van der Waals surface area (Å²) >= 11 is 1.11. The van der Waals surface area contributed by atoms with Crippen molar-refractivity contribution in [1.82, 2.24) is 9.29 Å². The van der Waals surface area contributed by atoms with Gasteiger partial charge in [0.25, 0.3) is 5.91 Å². The van der Waals surface area contributed by atoms with Crippen LogP contribution in [0, 0.1) is 20.8 Å². The van der Waals surface area contributed by atoms with Crippen molar-refractivity contribution in [3.63, 3.8) is 0 Å². The number of nitrogens with two attached hydrogens (primary N) is 1. The van der Waals surface area contributed by atoms with E-state index in [0.29, 0.717) is 21.5 Å². The number of hydrogen-bond donors (Lipinski definition) is 2. The number of carbonyl (C=O) groups is 2. The Morgan fingerprint density at radius 3 is 2.45 bits per heavy atom. The molecule has 0 spiro atoms. The molecule has 1 unspecified atom stereocenters. The van der Waals surface area contributed by atoms with Gasteiger partial charge in [-0.3, -0.25) is 4.79 Å². The van der Waals surface area contributed by atoms with Crippen LogP contribution in [0.1, 0.15) is 33.4 Å². The van der Waals surface area contributed by atoms with Crippen molar-refractivity contribution in [2.24, 2.45) is 0 Å². The largest absolute Gasteiger partial charge is 0.448 e. The summed E-state index contributed by atoms with van der Waals surface area (Å²) in [5.41, 5.74) is 9.12. The molecule has 0 saturated carbocycles. The van der Waals surface area contributed by atoms with Gasteiger partial charge in [0.1, 0.15) is 9.71 Å². The second-order valence-corrected chi connectivity index (χ2v) is 11.1. The number of amides is 1. The molecule has 0 aliphatic carbocycles. The highest BCUT2D eigenvalue weighted by Crippen LogP contribution is 2.35. The average Bonchev–Trinajstić information content (AvgIpc) is 3.05. The smallest absolute Gasteiger partial charge is 0.351 e. The van der Waals surface area contributed by atoms with Crippen molar-refractivity contribution >= 4 is 54.8 Å². The van der Waals surface area contributed by atoms with E-state index in [1.54, 1.807) is 13.0 Å². The molecule has 3 rings (SSSR count). The monoisotopic (exact) mass is 490 g/mol. The van der Waals surface area contributed by atoms with Crippen molar-refractivity contribution in [3.8, 4) is 0 Å². The van der Waals surface area contributed by atoms with Crippen LogP contribution in [-0.2, 0) is 19.6 Å². The third-order valence-corrected chi connectivity index (χ3v) is 8.00. The third-order valence-electron chi connectivity index (χ3n) is 5.11. The minimum atomic E-state index is -3.67. The number of aryl methyl sites for hydroxylation is 3. The van der Waals surface area contributed by atoms with Gasteiger partial charge in [-0.15, -0.1) is 11.3 Å². The van der Waals surface area contributed by atoms with E-state index in [9.17, 15) is 18.0 Å². The summed E-state index contributed by atoms with van der Waals surface area (Å²) in [7, 11) is -0.826. The van der Waals surface area contributed by atoms with Crippen LogP contribution in [0.4, 0.5) is 11.4 Å². The molecule has 1 aromatic carbocycles. The first-order valence-electron chi connectivity index (χ1n) is 10.0. The Kier molecular flexibility index (Phi) is 6.78. The van der Waals surface area contributed by atoms with Crippen molar-refractivity contribution in [2.75, 3.05) is 25.1 Å². The van der Waals surface area contributed by atoms with E-state index >= 15 is 0 Å². The van der Waals surface area contributed by atoms with E-state index in [2.05, 4.69) is 10.3 Å². The summed E-state index contributed by atoms with van der Waals surface area (Å²) in [6, 6.07) is 6.31. The maximum absolute atomic E-state index is 12.7. The molecule has 11 heteroatoms. The fraction of sp³-hybridized carbons (Fsp3) is 0.318. The first-order valence-corrected chi connectivity index (χ1v) is 12.3. The van der Waals surface area contributed by atoms with Gasteiger partial charge >= 0.3 is 5.97 Å². The minimum Gasteiger partial charge on any atom is -0.448 e. The number of aromatic nitrogens is 1. The number of sulfonamides is 1. The number of rotatable bonds is 6. The lowest BCUT2D eigenvalue weighted by Crippen LogP contribution is -2.30. The number of nitrogen functional groups attached to an aromatic ring is 1. The lowest BCUT2D eigenvalue weighted by Gasteiger charge is -2.16. The quantitative estimate of drug-likeness (QED) is 0.507. The van der Waals surface area contributed by atoms with Gasteiger partial charge in [-0.25, -0.2) is 22.5 Å². The van der Waals surface area contributed by atoms with Gasteiger partial charge in [0, 0.05) is 30.9 Å². The summed E-state index contributed by atoms with van der Waals surface area (Å²) in [5.74, 6) is -1.33. The van der Waals surface area contributed by atoms with E-state index in [1.165, 1.54) is 33.2 Å². The number of benzene rings is 1. The highest BCUT2D eigenvalue weighted by Gasteiger charge is 2.25. The second-order valence-electron chi connectivity index (χ2n) is 7.91. The van der Waals surface area contributed by atoms with Crippen LogP contribution in [-0.4, -0.2) is 49.8 Å². The van der Waals surface area contributed by atoms with Crippen molar-refractivity contribution < 1.29 is 22.7 Å². The number of esters is 1. The Morgan fingerprint density at radius 2 is 1.82 bits per heavy atom. The number of thiophene rings is 1. The molecule has 3 aromatic rings. The number of nitrogens with zero attached hydrogens (tertiary/aromatic N) is 2. The molecule has 9 nitrogen and oxygen atoms in total. The van der Waals surface area contributed by atoms with E-state index < -0.39 is 28.0 Å². The SMILES string of the molecule is Cc1cc(C)c2c(N)c(C(=O)OC(C)C(=O)Nc3cc(S(=O)(=O)N(C)C)ccc3C)sc2n1. The van der Waals surface area contributed by atoms with Gasteiger partial charge in [0.05, 0.1) is 10.6 Å². The first-order chi connectivity index (χ1) is 15.3. The predicted molar refractivity (Wildman–Crippen MR) is 129 cm³/mol. The predicted octanol–water partition coefficient (Wildman–Crippen LogP) is 3.24. The molecule has 0 saturated heterocycles. The fourth-order valence-electron chi connectivity index (χ4n) is 3.23. The van der Waals surface area contributed by atoms with Gasteiger partial charge in [-0.2, -0.15) is 0 Å². The zero-order valence-electron chi connectivity index (χ0n) is 19.2. The number of carbonyl (C=O) groups excluding carboxylic acids is 2. The molecule has 3 N–H and O–H groups in total. The summed E-state index contributed by atoms with van der Waals surface area (Å²) in [6.07, 6.45) is -1.15. The summed E-state index contributed by atoms with van der Waals surface area (Å²) < 4.78 is 31.2. The molecule has 176 valence electrons. The number of anilines is 2. The van der Waals surface area contributed by atoms with Crippen molar-refractivity contribution in [3.05, 3.63) is 46.0 Å². The Bertz CT molecular complexity index is 1360. The highest BCUT2D eigenvalue weighted by atomic mass is 32.2. The van der Waals surface area contributed by atoms with Gasteiger partial charge in [0.15, 0.2) is 6.10 Å². The number of pyridine rings is 1. The van der Waals surface area contributed by atoms with Crippen LogP contribution >= 0.6 is 11.3 Å².